The molecule has 1 amide bonds. The first-order valence-corrected chi connectivity index (χ1v) is 7.18. The fraction of sp³-hybridized carbons (Fsp3) is 0.857. The lowest BCUT2D eigenvalue weighted by molar-refractivity contribution is -0.149. The van der Waals surface area contributed by atoms with Crippen LogP contribution in [0, 0.1) is 5.41 Å². The Balaban J connectivity index is 1.80. The lowest BCUT2D eigenvalue weighted by Crippen LogP contribution is -2.40. The van der Waals surface area contributed by atoms with Gasteiger partial charge in [0, 0.05) is 19.7 Å². The lowest BCUT2D eigenvalue weighted by atomic mass is 9.90. The van der Waals surface area contributed by atoms with Crippen molar-refractivity contribution in [3.8, 4) is 0 Å². The molecule has 2 aliphatic heterocycles. The molecule has 2 fully saturated rings. The number of rotatable bonds is 5. The van der Waals surface area contributed by atoms with E-state index in [2.05, 4.69) is 0 Å². The van der Waals surface area contributed by atoms with Gasteiger partial charge in [-0.3, -0.25) is 9.59 Å². The van der Waals surface area contributed by atoms with Gasteiger partial charge in [0.15, 0.2) is 0 Å². The quantitative estimate of drug-likeness (QED) is 0.812. The summed E-state index contributed by atoms with van der Waals surface area (Å²) in [5.74, 6) is -0.978. The van der Waals surface area contributed by atoms with E-state index in [1.807, 2.05) is 0 Å². The maximum Gasteiger partial charge on any atom is 0.311 e. The highest BCUT2D eigenvalue weighted by atomic mass is 16.5. The van der Waals surface area contributed by atoms with Crippen LogP contribution < -0.4 is 0 Å². The molecule has 20 heavy (non-hydrogen) atoms. The summed E-state index contributed by atoms with van der Waals surface area (Å²) in [6, 6.07) is 0. The zero-order valence-electron chi connectivity index (χ0n) is 12.1. The average Bonchev–Trinajstić information content (AvgIpc) is 3.05. The first-order chi connectivity index (χ1) is 9.42. The van der Waals surface area contributed by atoms with Gasteiger partial charge in [-0.05, 0) is 33.1 Å². The minimum absolute atomic E-state index is 0.0908. The molecule has 2 heterocycles. The van der Waals surface area contributed by atoms with Gasteiger partial charge in [-0.25, -0.2) is 0 Å². The van der Waals surface area contributed by atoms with E-state index in [9.17, 15) is 14.7 Å². The van der Waals surface area contributed by atoms with Crippen molar-refractivity contribution in [2.75, 3.05) is 26.3 Å². The van der Waals surface area contributed by atoms with Gasteiger partial charge in [-0.15, -0.1) is 0 Å². The summed E-state index contributed by atoms with van der Waals surface area (Å²) in [7, 11) is 0. The van der Waals surface area contributed by atoms with E-state index in [0.29, 0.717) is 19.6 Å². The molecule has 0 spiro atoms. The minimum Gasteiger partial charge on any atom is -0.481 e. The molecule has 0 bridgehead atoms. The molecular weight excluding hydrogens is 262 g/mol. The van der Waals surface area contributed by atoms with Gasteiger partial charge in [0.05, 0.1) is 18.1 Å². The number of amides is 1. The Morgan fingerprint density at radius 2 is 2.30 bits per heavy atom. The van der Waals surface area contributed by atoms with Gasteiger partial charge >= 0.3 is 5.97 Å². The maximum atomic E-state index is 12.2. The van der Waals surface area contributed by atoms with Crippen LogP contribution in [0.25, 0.3) is 0 Å². The molecule has 6 nitrogen and oxygen atoms in total. The van der Waals surface area contributed by atoms with E-state index < -0.39 is 17.5 Å². The molecule has 0 aliphatic carbocycles. The Morgan fingerprint density at radius 3 is 2.85 bits per heavy atom. The highest BCUT2D eigenvalue weighted by Gasteiger charge is 2.43. The van der Waals surface area contributed by atoms with Crippen molar-refractivity contribution in [3.63, 3.8) is 0 Å². The van der Waals surface area contributed by atoms with Gasteiger partial charge in [0.2, 0.25) is 0 Å². The second-order valence-corrected chi connectivity index (χ2v) is 5.99. The molecule has 2 saturated heterocycles. The van der Waals surface area contributed by atoms with E-state index in [0.717, 1.165) is 19.4 Å². The maximum absolute atomic E-state index is 12.2. The molecule has 0 unspecified atom stereocenters. The topological polar surface area (TPSA) is 76.1 Å². The largest absolute Gasteiger partial charge is 0.481 e. The number of carbonyl (C=O) groups is 2. The number of aliphatic carboxylic acids is 1. The molecule has 0 aromatic carbocycles. The standard InChI is InChI=1S/C14H23NO5/c1-10(20-8-11-4-3-7-19-11)12(16)15-6-5-14(2,9-15)13(17)18/h10-11H,3-9H2,1-2H3,(H,17,18)/t10-,11-,14+/m0/s1. The summed E-state index contributed by atoms with van der Waals surface area (Å²) in [5.41, 5.74) is -0.829. The molecule has 0 aromatic heterocycles. The number of carboxylic acid groups (broad SMARTS) is 1. The second kappa shape index (κ2) is 6.10. The zero-order chi connectivity index (χ0) is 14.8. The molecule has 2 aliphatic rings. The Labute approximate surface area is 119 Å². The normalized spacial score (nSPS) is 31.5. The molecule has 6 heteroatoms. The average molecular weight is 285 g/mol. The summed E-state index contributed by atoms with van der Waals surface area (Å²) in [4.78, 5) is 25.0. The second-order valence-electron chi connectivity index (χ2n) is 5.99. The summed E-state index contributed by atoms with van der Waals surface area (Å²) < 4.78 is 11.0. The van der Waals surface area contributed by atoms with Crippen LogP contribution in [-0.4, -0.2) is 60.4 Å². The predicted octanol–water partition coefficient (Wildman–Crippen LogP) is 0.894. The van der Waals surface area contributed by atoms with Crippen molar-refractivity contribution >= 4 is 11.9 Å². The van der Waals surface area contributed by atoms with Crippen molar-refractivity contribution in [3.05, 3.63) is 0 Å². The number of carbonyl (C=O) groups excluding carboxylic acids is 1. The van der Waals surface area contributed by atoms with Crippen molar-refractivity contribution in [1.29, 1.82) is 0 Å². The van der Waals surface area contributed by atoms with Gasteiger partial charge in [-0.2, -0.15) is 0 Å². The highest BCUT2D eigenvalue weighted by molar-refractivity contribution is 5.83. The SMILES string of the molecule is C[C@H](OC[C@@H]1CCCO1)C(=O)N1CC[C@@](C)(C(=O)O)C1. The highest BCUT2D eigenvalue weighted by Crippen LogP contribution is 2.30. The smallest absolute Gasteiger partial charge is 0.311 e. The van der Waals surface area contributed by atoms with Crippen LogP contribution in [-0.2, 0) is 19.1 Å². The molecule has 114 valence electrons. The van der Waals surface area contributed by atoms with Gasteiger partial charge in [0.25, 0.3) is 5.91 Å². The third-order valence-electron chi connectivity index (χ3n) is 4.21. The first-order valence-electron chi connectivity index (χ1n) is 7.18. The molecule has 0 aromatic rings. The summed E-state index contributed by atoms with van der Waals surface area (Å²) in [6.45, 7) is 5.33. The van der Waals surface area contributed by atoms with Crippen LogP contribution >= 0.6 is 0 Å². The van der Waals surface area contributed by atoms with Crippen LogP contribution in [0.2, 0.25) is 0 Å². The number of hydrogen-bond donors (Lipinski definition) is 1. The molecule has 3 atom stereocenters. The fourth-order valence-corrected chi connectivity index (χ4v) is 2.68. The van der Waals surface area contributed by atoms with E-state index in [4.69, 9.17) is 9.47 Å². The van der Waals surface area contributed by atoms with Crippen molar-refractivity contribution in [2.45, 2.75) is 45.3 Å². The fourth-order valence-electron chi connectivity index (χ4n) is 2.68. The third kappa shape index (κ3) is 3.30. The Bertz CT molecular complexity index is 380. The molecule has 0 radical (unpaired) electrons. The predicted molar refractivity (Wildman–Crippen MR) is 71.3 cm³/mol. The summed E-state index contributed by atoms with van der Waals surface area (Å²) >= 11 is 0. The number of ether oxygens (including phenoxy) is 2. The Morgan fingerprint density at radius 1 is 1.55 bits per heavy atom. The van der Waals surface area contributed by atoms with Gasteiger partial charge in [-0.1, -0.05) is 0 Å². The summed E-state index contributed by atoms with van der Waals surface area (Å²) in [6.07, 6.45) is 2.05. The molecule has 1 N–H and O–H groups in total. The van der Waals surface area contributed by atoms with Crippen LogP contribution in [0.15, 0.2) is 0 Å². The molecule has 0 saturated carbocycles. The number of carboxylic acids is 1. The Kier molecular flexibility index (Phi) is 4.65. The molecule has 2 rings (SSSR count). The first kappa shape index (κ1) is 15.3. The molecular formula is C14H23NO5. The van der Waals surface area contributed by atoms with E-state index in [1.54, 1.807) is 18.7 Å². The minimum atomic E-state index is -0.847. The van der Waals surface area contributed by atoms with E-state index >= 15 is 0 Å². The van der Waals surface area contributed by atoms with Gasteiger partial charge < -0.3 is 19.5 Å². The lowest BCUT2D eigenvalue weighted by Gasteiger charge is -2.23. The monoisotopic (exact) mass is 285 g/mol. The van der Waals surface area contributed by atoms with Crippen molar-refractivity contribution in [1.82, 2.24) is 4.90 Å². The van der Waals surface area contributed by atoms with Crippen LogP contribution in [0.5, 0.6) is 0 Å². The van der Waals surface area contributed by atoms with Gasteiger partial charge in [0.1, 0.15) is 6.10 Å². The van der Waals surface area contributed by atoms with E-state index in [-0.39, 0.29) is 18.6 Å². The number of likely N-dealkylation sites (tertiary alicyclic amines) is 1. The number of nitrogens with zero attached hydrogens (tertiary/aromatic N) is 1. The number of hydrogen-bond acceptors (Lipinski definition) is 4. The van der Waals surface area contributed by atoms with Crippen LogP contribution in [0.3, 0.4) is 0 Å². The van der Waals surface area contributed by atoms with Crippen molar-refractivity contribution in [2.24, 2.45) is 5.41 Å². The summed E-state index contributed by atoms with van der Waals surface area (Å²) in [5, 5.41) is 9.17. The third-order valence-corrected chi connectivity index (χ3v) is 4.21. The van der Waals surface area contributed by atoms with Crippen molar-refractivity contribution < 1.29 is 24.2 Å². The van der Waals surface area contributed by atoms with E-state index in [1.165, 1.54) is 0 Å². The Hall–Kier alpha value is -1.14. The van der Waals surface area contributed by atoms with Crippen LogP contribution in [0.4, 0.5) is 0 Å². The zero-order valence-corrected chi connectivity index (χ0v) is 12.1. The van der Waals surface area contributed by atoms with Crippen LogP contribution in [0.1, 0.15) is 33.1 Å².